The molecule has 0 bridgehead atoms. The summed E-state index contributed by atoms with van der Waals surface area (Å²) in [7, 11) is 3.21. The summed E-state index contributed by atoms with van der Waals surface area (Å²) >= 11 is 0. The SMILES string of the molecule is CCC(O)(Cc1ccccc1)c1ccc(OC)c(OC)c1. The average Bonchev–Trinajstić information content (AvgIpc) is 2.54. The number of methoxy groups -OCH3 is 2. The lowest BCUT2D eigenvalue weighted by molar-refractivity contribution is 0.0325. The molecule has 1 N–H and O–H groups in total. The molecular weight excluding hydrogens is 264 g/mol. The zero-order chi connectivity index (χ0) is 15.3. The summed E-state index contributed by atoms with van der Waals surface area (Å²) in [5.74, 6) is 1.30. The van der Waals surface area contributed by atoms with Crippen LogP contribution in [0.2, 0.25) is 0 Å². The third kappa shape index (κ3) is 3.37. The van der Waals surface area contributed by atoms with Gasteiger partial charge in [-0.25, -0.2) is 0 Å². The number of rotatable bonds is 6. The summed E-state index contributed by atoms with van der Waals surface area (Å²) in [6, 6.07) is 15.6. The fourth-order valence-corrected chi connectivity index (χ4v) is 2.49. The van der Waals surface area contributed by atoms with Gasteiger partial charge in [-0.2, -0.15) is 0 Å². The van der Waals surface area contributed by atoms with E-state index in [1.54, 1.807) is 14.2 Å². The lowest BCUT2D eigenvalue weighted by atomic mass is 9.85. The fourth-order valence-electron chi connectivity index (χ4n) is 2.49. The maximum Gasteiger partial charge on any atom is 0.161 e. The molecule has 0 spiro atoms. The Morgan fingerprint density at radius 1 is 0.952 bits per heavy atom. The Morgan fingerprint density at radius 3 is 2.19 bits per heavy atom. The van der Waals surface area contributed by atoms with Crippen molar-refractivity contribution in [3.8, 4) is 11.5 Å². The van der Waals surface area contributed by atoms with Gasteiger partial charge in [0.1, 0.15) is 0 Å². The van der Waals surface area contributed by atoms with Crippen molar-refractivity contribution >= 4 is 0 Å². The van der Waals surface area contributed by atoms with Crippen molar-refractivity contribution in [1.82, 2.24) is 0 Å². The van der Waals surface area contributed by atoms with Gasteiger partial charge in [0.05, 0.1) is 19.8 Å². The van der Waals surface area contributed by atoms with Crippen LogP contribution in [0.1, 0.15) is 24.5 Å². The molecule has 3 nitrogen and oxygen atoms in total. The number of hydrogen-bond acceptors (Lipinski definition) is 3. The van der Waals surface area contributed by atoms with Gasteiger partial charge in [-0.3, -0.25) is 0 Å². The first-order chi connectivity index (χ1) is 10.1. The Morgan fingerprint density at radius 2 is 1.62 bits per heavy atom. The van der Waals surface area contributed by atoms with E-state index in [1.165, 1.54) is 0 Å². The predicted molar refractivity (Wildman–Crippen MR) is 83.9 cm³/mol. The maximum atomic E-state index is 11.0. The molecule has 0 amide bonds. The van der Waals surface area contributed by atoms with Crippen LogP contribution in [-0.2, 0) is 12.0 Å². The first kappa shape index (κ1) is 15.4. The van der Waals surface area contributed by atoms with E-state index in [-0.39, 0.29) is 0 Å². The van der Waals surface area contributed by atoms with E-state index < -0.39 is 5.60 Å². The molecule has 2 aromatic carbocycles. The highest BCUT2D eigenvalue weighted by atomic mass is 16.5. The number of benzene rings is 2. The highest BCUT2D eigenvalue weighted by Crippen LogP contribution is 2.35. The van der Waals surface area contributed by atoms with Gasteiger partial charge in [0.2, 0.25) is 0 Å². The molecule has 0 radical (unpaired) electrons. The standard InChI is InChI=1S/C18H22O3/c1-4-18(19,13-14-8-6-5-7-9-14)15-10-11-16(20-2)17(12-15)21-3/h5-12,19H,4,13H2,1-3H3. The molecule has 0 aromatic heterocycles. The highest BCUT2D eigenvalue weighted by molar-refractivity contribution is 5.45. The zero-order valence-corrected chi connectivity index (χ0v) is 12.8. The maximum absolute atomic E-state index is 11.0. The van der Waals surface area contributed by atoms with Crippen LogP contribution in [0, 0.1) is 0 Å². The molecular formula is C18H22O3. The Bertz CT molecular complexity index is 580. The van der Waals surface area contributed by atoms with Crippen LogP contribution in [0.4, 0.5) is 0 Å². The minimum atomic E-state index is -0.916. The minimum absolute atomic E-state index is 0.569. The molecule has 0 saturated carbocycles. The van der Waals surface area contributed by atoms with Crippen LogP contribution in [0.25, 0.3) is 0 Å². The van der Waals surface area contributed by atoms with E-state index in [4.69, 9.17) is 9.47 Å². The summed E-state index contributed by atoms with van der Waals surface area (Å²) in [6.45, 7) is 1.99. The molecule has 112 valence electrons. The molecule has 21 heavy (non-hydrogen) atoms. The molecule has 1 unspecified atom stereocenters. The van der Waals surface area contributed by atoms with E-state index >= 15 is 0 Å². The fraction of sp³-hybridized carbons (Fsp3) is 0.333. The Labute approximate surface area is 126 Å². The molecule has 0 aliphatic carbocycles. The van der Waals surface area contributed by atoms with Crippen molar-refractivity contribution in [3.05, 3.63) is 59.7 Å². The largest absolute Gasteiger partial charge is 0.493 e. The summed E-state index contributed by atoms with van der Waals surface area (Å²) in [6.07, 6.45) is 1.19. The molecule has 0 heterocycles. The summed E-state index contributed by atoms with van der Waals surface area (Å²) in [4.78, 5) is 0. The first-order valence-corrected chi connectivity index (χ1v) is 7.11. The van der Waals surface area contributed by atoms with Gasteiger partial charge in [0.25, 0.3) is 0 Å². The second kappa shape index (κ2) is 6.64. The van der Waals surface area contributed by atoms with Crippen LogP contribution in [-0.4, -0.2) is 19.3 Å². The van der Waals surface area contributed by atoms with Crippen molar-refractivity contribution in [2.45, 2.75) is 25.4 Å². The zero-order valence-electron chi connectivity index (χ0n) is 12.8. The van der Waals surface area contributed by atoms with Crippen molar-refractivity contribution in [1.29, 1.82) is 0 Å². The summed E-state index contributed by atoms with van der Waals surface area (Å²) in [5.41, 5.74) is 1.03. The van der Waals surface area contributed by atoms with Crippen molar-refractivity contribution < 1.29 is 14.6 Å². The second-order valence-corrected chi connectivity index (χ2v) is 5.12. The van der Waals surface area contributed by atoms with Gasteiger partial charge in [-0.1, -0.05) is 43.3 Å². The van der Waals surface area contributed by atoms with Crippen LogP contribution in [0.3, 0.4) is 0 Å². The van der Waals surface area contributed by atoms with E-state index in [1.807, 2.05) is 55.5 Å². The van der Waals surface area contributed by atoms with Gasteiger partial charge in [-0.15, -0.1) is 0 Å². The summed E-state index contributed by atoms with van der Waals surface area (Å²) in [5, 5.41) is 11.0. The number of hydrogen-bond donors (Lipinski definition) is 1. The van der Waals surface area contributed by atoms with E-state index in [0.29, 0.717) is 24.3 Å². The molecule has 2 rings (SSSR count). The monoisotopic (exact) mass is 286 g/mol. The molecule has 1 atom stereocenters. The number of aliphatic hydroxyl groups is 1. The van der Waals surface area contributed by atoms with Gasteiger partial charge in [-0.05, 0) is 29.7 Å². The van der Waals surface area contributed by atoms with Crippen LogP contribution in [0.5, 0.6) is 11.5 Å². The smallest absolute Gasteiger partial charge is 0.161 e. The first-order valence-electron chi connectivity index (χ1n) is 7.11. The lowest BCUT2D eigenvalue weighted by Gasteiger charge is -2.28. The van der Waals surface area contributed by atoms with E-state index in [0.717, 1.165) is 11.1 Å². The highest BCUT2D eigenvalue weighted by Gasteiger charge is 2.28. The molecule has 2 aromatic rings. The second-order valence-electron chi connectivity index (χ2n) is 5.12. The van der Waals surface area contributed by atoms with Crippen molar-refractivity contribution in [2.75, 3.05) is 14.2 Å². The number of ether oxygens (including phenoxy) is 2. The summed E-state index contributed by atoms with van der Waals surface area (Å²) < 4.78 is 10.6. The third-order valence-corrected chi connectivity index (χ3v) is 3.85. The molecule has 0 aliphatic heterocycles. The van der Waals surface area contributed by atoms with Gasteiger partial charge < -0.3 is 14.6 Å². The Balaban J connectivity index is 2.35. The normalized spacial score (nSPS) is 13.5. The van der Waals surface area contributed by atoms with Gasteiger partial charge >= 0.3 is 0 Å². The topological polar surface area (TPSA) is 38.7 Å². The molecule has 0 aliphatic rings. The van der Waals surface area contributed by atoms with E-state index in [9.17, 15) is 5.11 Å². The predicted octanol–water partition coefficient (Wildman–Crippen LogP) is 3.54. The van der Waals surface area contributed by atoms with Crippen LogP contribution in [0.15, 0.2) is 48.5 Å². The molecule has 3 heteroatoms. The van der Waals surface area contributed by atoms with Crippen molar-refractivity contribution in [3.63, 3.8) is 0 Å². The van der Waals surface area contributed by atoms with Crippen molar-refractivity contribution in [2.24, 2.45) is 0 Å². The average molecular weight is 286 g/mol. The van der Waals surface area contributed by atoms with Crippen LogP contribution < -0.4 is 9.47 Å². The van der Waals surface area contributed by atoms with Gasteiger partial charge in [0.15, 0.2) is 11.5 Å². The Hall–Kier alpha value is -2.00. The molecule has 0 saturated heterocycles. The van der Waals surface area contributed by atoms with Gasteiger partial charge in [0, 0.05) is 6.42 Å². The third-order valence-electron chi connectivity index (χ3n) is 3.85. The van der Waals surface area contributed by atoms with E-state index in [2.05, 4.69) is 0 Å². The Kier molecular flexibility index (Phi) is 4.86. The minimum Gasteiger partial charge on any atom is -0.493 e. The molecule has 0 fully saturated rings. The quantitative estimate of drug-likeness (QED) is 0.882. The van der Waals surface area contributed by atoms with Crippen LogP contribution >= 0.6 is 0 Å². The lowest BCUT2D eigenvalue weighted by Crippen LogP contribution is -2.27.